The summed E-state index contributed by atoms with van der Waals surface area (Å²) in [6, 6.07) is 0. The van der Waals surface area contributed by atoms with Gasteiger partial charge in [-0.1, -0.05) is 0 Å². The topological polar surface area (TPSA) is 120 Å². The van der Waals surface area contributed by atoms with Crippen molar-refractivity contribution < 1.29 is 14.7 Å². The molecule has 2 aliphatic rings. The Morgan fingerprint density at radius 2 is 2.39 bits per heavy atom. The number of rotatable bonds is 5. The Balaban J connectivity index is 1.96. The maximum absolute atomic E-state index is 11.3. The first kappa shape index (κ1) is 12.7. The number of nitrogens with two attached hydrogens (primary N) is 1. The maximum Gasteiger partial charge on any atom is 0.353 e. The molecule has 1 amide bonds. The van der Waals surface area contributed by atoms with Crippen LogP contribution in [0.2, 0.25) is 0 Å². The molecule has 0 spiro atoms. The van der Waals surface area contributed by atoms with Crippen LogP contribution >= 0.6 is 11.8 Å². The van der Waals surface area contributed by atoms with Crippen LogP contribution in [0.15, 0.2) is 10.6 Å². The molecule has 0 aromatic carbocycles. The minimum atomic E-state index is -1.05. The van der Waals surface area contributed by atoms with Gasteiger partial charge in [0, 0.05) is 11.4 Å². The molecule has 18 heavy (non-hydrogen) atoms. The molecule has 7 nitrogen and oxygen atoms in total. The molecule has 1 fully saturated rings. The van der Waals surface area contributed by atoms with E-state index >= 15 is 0 Å². The summed E-state index contributed by atoms with van der Waals surface area (Å²) in [6.45, 7) is 0.519. The summed E-state index contributed by atoms with van der Waals surface area (Å²) < 4.78 is 0. The summed E-state index contributed by atoms with van der Waals surface area (Å²) in [7, 11) is 0. The molecule has 0 bridgehead atoms. The Bertz CT molecular complexity index is 448. The second kappa shape index (κ2) is 4.89. The minimum Gasteiger partial charge on any atom is -0.477 e. The third kappa shape index (κ3) is 2.28. The van der Waals surface area contributed by atoms with Crippen molar-refractivity contribution in [3.8, 4) is 0 Å². The van der Waals surface area contributed by atoms with Crippen LogP contribution < -0.4 is 11.1 Å². The number of nitrogens with zero attached hydrogens (tertiary/aromatic N) is 1. The van der Waals surface area contributed by atoms with E-state index in [-0.39, 0.29) is 22.9 Å². The molecule has 1 atom stereocenters. The second-order valence-electron chi connectivity index (χ2n) is 4.06. The van der Waals surface area contributed by atoms with Gasteiger partial charge < -0.3 is 16.2 Å². The minimum absolute atomic E-state index is 0.0284. The van der Waals surface area contributed by atoms with E-state index in [9.17, 15) is 9.59 Å². The number of amides is 1. The lowest BCUT2D eigenvalue weighted by molar-refractivity contribution is -0.145. The Morgan fingerprint density at radius 1 is 1.67 bits per heavy atom. The first-order chi connectivity index (χ1) is 8.50. The van der Waals surface area contributed by atoms with E-state index in [1.54, 1.807) is 0 Å². The van der Waals surface area contributed by atoms with E-state index in [2.05, 4.69) is 5.32 Å². The van der Waals surface area contributed by atoms with Gasteiger partial charge in [-0.3, -0.25) is 15.1 Å². The zero-order chi connectivity index (χ0) is 13.3. The van der Waals surface area contributed by atoms with Crippen molar-refractivity contribution in [1.82, 2.24) is 10.2 Å². The van der Waals surface area contributed by atoms with E-state index in [1.165, 1.54) is 16.7 Å². The lowest BCUT2D eigenvalue weighted by Gasteiger charge is -2.33. The van der Waals surface area contributed by atoms with E-state index in [0.29, 0.717) is 25.8 Å². The quantitative estimate of drug-likeness (QED) is 0.239. The van der Waals surface area contributed by atoms with Gasteiger partial charge in [-0.15, -0.1) is 11.8 Å². The Kier molecular flexibility index (Phi) is 3.46. The molecular weight excluding hydrogens is 256 g/mol. The number of allylic oxidation sites excluding steroid dienone is 1. The van der Waals surface area contributed by atoms with Gasteiger partial charge in [0.2, 0.25) is 5.91 Å². The number of carbonyl (C=O) groups excluding carboxylic acids is 1. The third-order valence-corrected chi connectivity index (χ3v) is 4.12. The average molecular weight is 270 g/mol. The van der Waals surface area contributed by atoms with Crippen LogP contribution in [0.4, 0.5) is 0 Å². The molecule has 0 unspecified atom stereocenters. The fourth-order valence-corrected chi connectivity index (χ4v) is 3.42. The monoisotopic (exact) mass is 270 g/mol. The highest BCUT2D eigenvalue weighted by Gasteiger charge is 2.47. The highest BCUT2D eigenvalue weighted by atomic mass is 32.2. The molecule has 2 aliphatic heterocycles. The van der Waals surface area contributed by atoms with Crippen molar-refractivity contribution in [2.24, 2.45) is 5.73 Å². The highest BCUT2D eigenvalue weighted by Crippen LogP contribution is 2.47. The number of thioether (sulfide) groups is 1. The zero-order valence-electron chi connectivity index (χ0n) is 9.60. The first-order valence-electron chi connectivity index (χ1n) is 5.53. The fourth-order valence-electron chi connectivity index (χ4n) is 1.98. The molecule has 5 N–H and O–H groups in total. The molecular formula is C10H14N4O3S. The SMILES string of the molecule is N=C(N)NCCCC1=C(C(=O)O)N2C(=O)C[C@@H]2S1. The Hall–Kier alpha value is -1.70. The van der Waals surface area contributed by atoms with E-state index in [0.717, 1.165) is 4.91 Å². The summed E-state index contributed by atoms with van der Waals surface area (Å²) in [5.41, 5.74) is 5.27. The van der Waals surface area contributed by atoms with Crippen LogP contribution in [-0.2, 0) is 9.59 Å². The molecule has 8 heteroatoms. The normalized spacial score (nSPS) is 21.7. The molecule has 0 aromatic heterocycles. The number of guanidine groups is 1. The smallest absolute Gasteiger partial charge is 0.353 e. The standard InChI is InChI=1S/C10H14N4O3S/c11-10(12)13-3-1-2-5-8(9(16)17)14-6(15)4-7(14)18-5/h7H,1-4H2,(H,16,17)(H4,11,12,13)/t7-/m0/s1. The number of carboxylic acid groups (broad SMARTS) is 1. The van der Waals surface area contributed by atoms with Crippen molar-refractivity contribution in [1.29, 1.82) is 5.41 Å². The summed E-state index contributed by atoms with van der Waals surface area (Å²) in [5.74, 6) is -1.27. The van der Waals surface area contributed by atoms with Gasteiger partial charge in [-0.2, -0.15) is 0 Å². The number of nitrogens with one attached hydrogen (secondary N) is 2. The van der Waals surface area contributed by atoms with Gasteiger partial charge >= 0.3 is 5.97 Å². The van der Waals surface area contributed by atoms with Crippen LogP contribution in [0.1, 0.15) is 19.3 Å². The van der Waals surface area contributed by atoms with E-state index in [1.807, 2.05) is 0 Å². The van der Waals surface area contributed by atoms with Gasteiger partial charge in [-0.05, 0) is 12.8 Å². The van der Waals surface area contributed by atoms with E-state index in [4.69, 9.17) is 16.2 Å². The average Bonchev–Trinajstić information content (AvgIpc) is 2.57. The number of carboxylic acids is 1. The number of carbonyl (C=O) groups is 2. The molecule has 2 heterocycles. The molecule has 1 saturated heterocycles. The van der Waals surface area contributed by atoms with Crippen LogP contribution in [0.3, 0.4) is 0 Å². The van der Waals surface area contributed by atoms with Crippen molar-refractivity contribution in [2.75, 3.05) is 6.54 Å². The van der Waals surface area contributed by atoms with Crippen LogP contribution in [0.5, 0.6) is 0 Å². The van der Waals surface area contributed by atoms with Crippen LogP contribution in [0, 0.1) is 5.41 Å². The van der Waals surface area contributed by atoms with Gasteiger partial charge in [0.05, 0.1) is 11.8 Å². The molecule has 0 aliphatic carbocycles. The van der Waals surface area contributed by atoms with Gasteiger partial charge in [0.1, 0.15) is 5.70 Å². The number of β-lactam (4-membered cyclic amide) rings is 1. The first-order valence-corrected chi connectivity index (χ1v) is 6.41. The fraction of sp³-hybridized carbons (Fsp3) is 0.500. The molecule has 98 valence electrons. The van der Waals surface area contributed by atoms with Gasteiger partial charge in [-0.25, -0.2) is 4.79 Å². The molecule has 0 radical (unpaired) electrons. The molecule has 0 saturated carbocycles. The van der Waals surface area contributed by atoms with Gasteiger partial charge in [0.25, 0.3) is 0 Å². The number of aliphatic carboxylic acids is 1. The van der Waals surface area contributed by atoms with E-state index < -0.39 is 5.97 Å². The summed E-state index contributed by atoms with van der Waals surface area (Å²) in [6.07, 6.45) is 1.66. The number of hydrogen-bond donors (Lipinski definition) is 4. The van der Waals surface area contributed by atoms with Crippen molar-refractivity contribution >= 4 is 29.6 Å². The number of hydrogen-bond acceptors (Lipinski definition) is 4. The summed E-state index contributed by atoms with van der Waals surface area (Å²) in [5, 5.41) is 18.8. The summed E-state index contributed by atoms with van der Waals surface area (Å²) in [4.78, 5) is 24.6. The van der Waals surface area contributed by atoms with Crippen LogP contribution in [-0.4, -0.2) is 39.8 Å². The van der Waals surface area contributed by atoms with Gasteiger partial charge in [0.15, 0.2) is 5.96 Å². The maximum atomic E-state index is 11.3. The van der Waals surface area contributed by atoms with Crippen molar-refractivity contribution in [3.05, 3.63) is 10.6 Å². The Labute approximate surface area is 108 Å². The number of fused-ring (bicyclic) bond motifs is 1. The lowest BCUT2D eigenvalue weighted by atomic mass is 10.1. The largest absolute Gasteiger partial charge is 0.477 e. The highest BCUT2D eigenvalue weighted by molar-refractivity contribution is 8.04. The van der Waals surface area contributed by atoms with Crippen molar-refractivity contribution in [2.45, 2.75) is 24.6 Å². The van der Waals surface area contributed by atoms with Crippen molar-refractivity contribution in [3.63, 3.8) is 0 Å². The lowest BCUT2D eigenvalue weighted by Crippen LogP contribution is -2.48. The third-order valence-electron chi connectivity index (χ3n) is 2.79. The molecule has 2 rings (SSSR count). The Morgan fingerprint density at radius 3 is 2.94 bits per heavy atom. The summed E-state index contributed by atoms with van der Waals surface area (Å²) >= 11 is 1.45. The predicted molar refractivity (Wildman–Crippen MR) is 66.7 cm³/mol. The zero-order valence-corrected chi connectivity index (χ0v) is 10.4. The predicted octanol–water partition coefficient (Wildman–Crippen LogP) is -0.149. The van der Waals surface area contributed by atoms with Crippen LogP contribution in [0.25, 0.3) is 0 Å². The molecule has 0 aromatic rings. The second-order valence-corrected chi connectivity index (χ2v) is 5.33.